The standard InChI is InChI=1S/C16H21BrN2O/c1-11(2)12-6-8-15(20-4)13(9-12)5-7-14-16(17)18-10-19(14)3/h6,8-11H,5,7H2,1-4H3. The Labute approximate surface area is 129 Å². The molecule has 0 aliphatic carbocycles. The van der Waals surface area contributed by atoms with Crippen molar-refractivity contribution >= 4 is 15.9 Å². The van der Waals surface area contributed by atoms with Crippen LogP contribution in [0.3, 0.4) is 0 Å². The zero-order chi connectivity index (χ0) is 14.7. The Balaban J connectivity index is 2.21. The average Bonchev–Trinajstić information content (AvgIpc) is 2.75. The third-order valence-corrected chi connectivity index (χ3v) is 4.27. The third-order valence-electron chi connectivity index (χ3n) is 3.61. The number of hydrogen-bond donors (Lipinski definition) is 0. The van der Waals surface area contributed by atoms with Gasteiger partial charge in [0.25, 0.3) is 0 Å². The van der Waals surface area contributed by atoms with Crippen LogP contribution >= 0.6 is 15.9 Å². The quantitative estimate of drug-likeness (QED) is 0.821. The smallest absolute Gasteiger partial charge is 0.127 e. The van der Waals surface area contributed by atoms with Gasteiger partial charge >= 0.3 is 0 Å². The molecule has 0 aliphatic rings. The Bertz CT molecular complexity index is 571. The monoisotopic (exact) mass is 336 g/mol. The van der Waals surface area contributed by atoms with Gasteiger partial charge < -0.3 is 9.30 Å². The molecular formula is C16H21BrN2O. The topological polar surface area (TPSA) is 27.1 Å². The molecule has 20 heavy (non-hydrogen) atoms. The van der Waals surface area contributed by atoms with E-state index in [1.54, 1.807) is 7.11 Å². The number of rotatable bonds is 5. The number of benzene rings is 1. The van der Waals surface area contributed by atoms with Gasteiger partial charge in [-0.2, -0.15) is 0 Å². The summed E-state index contributed by atoms with van der Waals surface area (Å²) in [6, 6.07) is 6.48. The summed E-state index contributed by atoms with van der Waals surface area (Å²) in [5, 5.41) is 0. The second-order valence-electron chi connectivity index (χ2n) is 5.32. The number of nitrogens with zero attached hydrogens (tertiary/aromatic N) is 2. The fraction of sp³-hybridized carbons (Fsp3) is 0.438. The van der Waals surface area contributed by atoms with Crippen molar-refractivity contribution in [1.29, 1.82) is 0 Å². The van der Waals surface area contributed by atoms with E-state index < -0.39 is 0 Å². The summed E-state index contributed by atoms with van der Waals surface area (Å²) in [6.07, 6.45) is 3.72. The minimum Gasteiger partial charge on any atom is -0.496 e. The van der Waals surface area contributed by atoms with E-state index in [0.717, 1.165) is 23.2 Å². The normalized spacial score (nSPS) is 11.1. The van der Waals surface area contributed by atoms with Crippen LogP contribution in [0.1, 0.15) is 36.6 Å². The minimum atomic E-state index is 0.531. The van der Waals surface area contributed by atoms with Crippen molar-refractivity contribution in [2.45, 2.75) is 32.6 Å². The highest BCUT2D eigenvalue weighted by molar-refractivity contribution is 9.10. The number of halogens is 1. The summed E-state index contributed by atoms with van der Waals surface area (Å²) < 4.78 is 8.46. The zero-order valence-corrected chi connectivity index (χ0v) is 14.1. The summed E-state index contributed by atoms with van der Waals surface area (Å²) in [6.45, 7) is 4.42. The van der Waals surface area contributed by atoms with Gasteiger partial charge in [0.1, 0.15) is 10.4 Å². The molecule has 0 fully saturated rings. The lowest BCUT2D eigenvalue weighted by molar-refractivity contribution is 0.409. The molecule has 108 valence electrons. The maximum Gasteiger partial charge on any atom is 0.127 e. The van der Waals surface area contributed by atoms with Gasteiger partial charge in [-0.3, -0.25) is 0 Å². The largest absolute Gasteiger partial charge is 0.496 e. The Morgan fingerprint density at radius 3 is 2.60 bits per heavy atom. The Kier molecular flexibility index (Phi) is 4.86. The fourth-order valence-electron chi connectivity index (χ4n) is 2.31. The Morgan fingerprint density at radius 1 is 1.30 bits per heavy atom. The van der Waals surface area contributed by atoms with Crippen LogP contribution in [0.2, 0.25) is 0 Å². The third kappa shape index (κ3) is 3.23. The SMILES string of the molecule is COc1ccc(C(C)C)cc1CCc1c(Br)ncn1C. The van der Waals surface area contributed by atoms with E-state index in [2.05, 4.69) is 57.5 Å². The van der Waals surface area contributed by atoms with Crippen LogP contribution in [0.5, 0.6) is 5.75 Å². The molecule has 0 radical (unpaired) electrons. The van der Waals surface area contributed by atoms with Gasteiger partial charge in [0.2, 0.25) is 0 Å². The van der Waals surface area contributed by atoms with E-state index in [-0.39, 0.29) is 0 Å². The van der Waals surface area contributed by atoms with Crippen molar-refractivity contribution < 1.29 is 4.74 Å². The predicted molar refractivity (Wildman–Crippen MR) is 85.4 cm³/mol. The molecule has 0 saturated heterocycles. The fourth-order valence-corrected chi connectivity index (χ4v) is 2.88. The Morgan fingerprint density at radius 2 is 2.05 bits per heavy atom. The highest BCUT2D eigenvalue weighted by Crippen LogP contribution is 2.26. The second kappa shape index (κ2) is 6.44. The maximum absolute atomic E-state index is 5.48. The summed E-state index contributed by atoms with van der Waals surface area (Å²) in [5.41, 5.74) is 3.82. The molecule has 4 heteroatoms. The molecular weight excluding hydrogens is 316 g/mol. The molecule has 0 unspecified atom stereocenters. The van der Waals surface area contributed by atoms with Crippen LogP contribution in [0.25, 0.3) is 0 Å². The lowest BCUT2D eigenvalue weighted by Gasteiger charge is -2.13. The van der Waals surface area contributed by atoms with E-state index >= 15 is 0 Å². The Hall–Kier alpha value is -1.29. The molecule has 2 rings (SSSR count). The van der Waals surface area contributed by atoms with E-state index in [1.807, 2.05) is 13.4 Å². The second-order valence-corrected chi connectivity index (χ2v) is 6.07. The number of imidazole rings is 1. The molecule has 0 amide bonds. The van der Waals surface area contributed by atoms with Crippen molar-refractivity contribution in [3.63, 3.8) is 0 Å². The number of ether oxygens (including phenoxy) is 1. The van der Waals surface area contributed by atoms with Crippen LogP contribution in [-0.4, -0.2) is 16.7 Å². The van der Waals surface area contributed by atoms with E-state index in [9.17, 15) is 0 Å². The molecule has 0 saturated carbocycles. The van der Waals surface area contributed by atoms with Crippen molar-refractivity contribution in [3.8, 4) is 5.75 Å². The molecule has 0 aliphatic heterocycles. The first-order valence-corrected chi connectivity index (χ1v) is 7.64. The van der Waals surface area contributed by atoms with Crippen LogP contribution in [0, 0.1) is 0 Å². The van der Waals surface area contributed by atoms with Gasteiger partial charge in [-0.25, -0.2) is 4.98 Å². The molecule has 0 spiro atoms. The summed E-state index contributed by atoms with van der Waals surface area (Å²) in [5.74, 6) is 1.50. The number of methoxy groups -OCH3 is 1. The van der Waals surface area contributed by atoms with Crippen LogP contribution < -0.4 is 4.74 Å². The van der Waals surface area contributed by atoms with E-state index in [4.69, 9.17) is 4.74 Å². The van der Waals surface area contributed by atoms with Gasteiger partial charge in [0, 0.05) is 7.05 Å². The maximum atomic E-state index is 5.48. The highest BCUT2D eigenvalue weighted by atomic mass is 79.9. The zero-order valence-electron chi connectivity index (χ0n) is 12.5. The number of aromatic nitrogens is 2. The van der Waals surface area contributed by atoms with Gasteiger partial charge in [-0.15, -0.1) is 0 Å². The van der Waals surface area contributed by atoms with Gasteiger partial charge in [0.15, 0.2) is 0 Å². The molecule has 1 aromatic heterocycles. The summed E-state index contributed by atoms with van der Waals surface area (Å²) in [7, 11) is 3.75. The lowest BCUT2D eigenvalue weighted by Crippen LogP contribution is -2.01. The van der Waals surface area contributed by atoms with Crippen molar-refractivity contribution in [2.24, 2.45) is 7.05 Å². The van der Waals surface area contributed by atoms with Crippen molar-refractivity contribution in [3.05, 3.63) is 46.0 Å². The molecule has 0 atom stereocenters. The molecule has 0 bridgehead atoms. The predicted octanol–water partition coefficient (Wildman–Crippen LogP) is 4.10. The van der Waals surface area contributed by atoms with Crippen molar-refractivity contribution in [1.82, 2.24) is 9.55 Å². The van der Waals surface area contributed by atoms with E-state index in [1.165, 1.54) is 16.8 Å². The van der Waals surface area contributed by atoms with Gasteiger partial charge in [0.05, 0.1) is 19.1 Å². The highest BCUT2D eigenvalue weighted by Gasteiger charge is 2.10. The first-order valence-electron chi connectivity index (χ1n) is 6.85. The molecule has 1 heterocycles. The first kappa shape index (κ1) is 15.1. The molecule has 1 aromatic carbocycles. The number of hydrogen-bond acceptors (Lipinski definition) is 2. The summed E-state index contributed by atoms with van der Waals surface area (Å²) >= 11 is 3.50. The number of aryl methyl sites for hydroxylation is 2. The summed E-state index contributed by atoms with van der Waals surface area (Å²) in [4.78, 5) is 4.27. The van der Waals surface area contributed by atoms with Crippen LogP contribution in [0.15, 0.2) is 29.1 Å². The molecule has 0 N–H and O–H groups in total. The van der Waals surface area contributed by atoms with Gasteiger partial charge in [-0.05, 0) is 51.9 Å². The lowest BCUT2D eigenvalue weighted by atomic mass is 9.98. The van der Waals surface area contributed by atoms with Crippen molar-refractivity contribution in [2.75, 3.05) is 7.11 Å². The van der Waals surface area contributed by atoms with Crippen LogP contribution in [-0.2, 0) is 19.9 Å². The van der Waals surface area contributed by atoms with E-state index in [0.29, 0.717) is 5.92 Å². The molecule has 3 nitrogen and oxygen atoms in total. The van der Waals surface area contributed by atoms with Crippen LogP contribution in [0.4, 0.5) is 0 Å². The molecule has 2 aromatic rings. The van der Waals surface area contributed by atoms with Gasteiger partial charge in [-0.1, -0.05) is 26.0 Å². The average molecular weight is 337 g/mol. The minimum absolute atomic E-state index is 0.531. The first-order chi connectivity index (χ1) is 9.52.